The number of sulfonamides is 1. The van der Waals surface area contributed by atoms with Crippen molar-refractivity contribution < 1.29 is 17.9 Å². The maximum absolute atomic E-state index is 12.6. The Morgan fingerprint density at radius 3 is 2.66 bits per heavy atom. The molecule has 1 aromatic carbocycles. The Balaban J connectivity index is 1.60. The molecule has 0 bridgehead atoms. The molecule has 0 unspecified atom stereocenters. The molecule has 2 aliphatic rings. The fourth-order valence-corrected chi connectivity index (χ4v) is 5.66. The first kappa shape index (κ1) is 24.5. The van der Waals surface area contributed by atoms with E-state index in [1.807, 2.05) is 25.1 Å². The maximum Gasteiger partial charge on any atom is 0.317 e. The lowest BCUT2D eigenvalue weighted by Gasteiger charge is -2.42. The number of hydrogen-bond donors (Lipinski definition) is 2. The van der Waals surface area contributed by atoms with E-state index in [-0.39, 0.29) is 24.2 Å². The number of ether oxygens (including phenoxy) is 1. The van der Waals surface area contributed by atoms with E-state index in [1.54, 1.807) is 4.90 Å². The van der Waals surface area contributed by atoms with Gasteiger partial charge in [0.05, 0.1) is 36.6 Å². The summed E-state index contributed by atoms with van der Waals surface area (Å²) in [5.41, 5.74) is 1.89. The van der Waals surface area contributed by atoms with Gasteiger partial charge in [0, 0.05) is 19.1 Å². The average molecular weight is 463 g/mol. The number of likely N-dealkylation sites (tertiary alicyclic amines) is 1. The summed E-state index contributed by atoms with van der Waals surface area (Å²) in [4.78, 5) is 14.3. The monoisotopic (exact) mass is 462 g/mol. The van der Waals surface area contributed by atoms with Crippen LogP contribution in [0.15, 0.2) is 24.3 Å². The molecular formula is C23H34N4O4S. The van der Waals surface area contributed by atoms with Gasteiger partial charge >= 0.3 is 6.03 Å². The van der Waals surface area contributed by atoms with Gasteiger partial charge in [-0.1, -0.05) is 12.1 Å². The number of hydrogen-bond acceptors (Lipinski definition) is 5. The molecule has 2 fully saturated rings. The lowest BCUT2D eigenvalue weighted by molar-refractivity contribution is -0.0173. The normalized spacial score (nSPS) is 26.3. The third kappa shape index (κ3) is 6.67. The van der Waals surface area contributed by atoms with Gasteiger partial charge in [0.25, 0.3) is 0 Å². The summed E-state index contributed by atoms with van der Waals surface area (Å²) >= 11 is 0. The zero-order valence-corrected chi connectivity index (χ0v) is 19.7. The molecule has 0 aromatic heterocycles. The van der Waals surface area contributed by atoms with E-state index < -0.39 is 10.0 Å². The molecule has 2 atom stereocenters. The number of nitrogens with one attached hydrogen (secondary N) is 2. The fourth-order valence-electron chi connectivity index (χ4n) is 4.84. The molecule has 1 aromatic rings. The lowest BCUT2D eigenvalue weighted by Crippen LogP contribution is -2.60. The number of nitriles is 1. The minimum Gasteiger partial charge on any atom is -0.376 e. The van der Waals surface area contributed by atoms with Crippen LogP contribution in [-0.2, 0) is 14.8 Å². The van der Waals surface area contributed by atoms with E-state index in [1.165, 1.54) is 5.56 Å². The number of carbonyl (C=O) groups excluding carboxylic acids is 1. The highest BCUT2D eigenvalue weighted by molar-refractivity contribution is 7.88. The van der Waals surface area contributed by atoms with Crippen molar-refractivity contribution in [3.63, 3.8) is 0 Å². The molecule has 0 spiro atoms. The van der Waals surface area contributed by atoms with Crippen molar-refractivity contribution in [2.45, 2.75) is 69.6 Å². The van der Waals surface area contributed by atoms with Crippen molar-refractivity contribution in [3.8, 4) is 6.07 Å². The van der Waals surface area contributed by atoms with Crippen molar-refractivity contribution in [2.24, 2.45) is 0 Å². The molecule has 8 nitrogen and oxygen atoms in total. The van der Waals surface area contributed by atoms with Crippen LogP contribution in [0.3, 0.4) is 0 Å². The average Bonchev–Trinajstić information content (AvgIpc) is 2.77. The highest BCUT2D eigenvalue weighted by Gasteiger charge is 2.36. The number of piperidine rings is 1. The predicted octanol–water partition coefficient (Wildman–Crippen LogP) is 2.71. The molecule has 2 amide bonds. The summed E-state index contributed by atoms with van der Waals surface area (Å²) in [7, 11) is -3.39. The molecule has 176 valence electrons. The van der Waals surface area contributed by atoms with Crippen LogP contribution in [-0.4, -0.2) is 63.5 Å². The first-order chi connectivity index (χ1) is 15.3. The van der Waals surface area contributed by atoms with E-state index >= 15 is 0 Å². The Hall–Kier alpha value is -2.15. The van der Waals surface area contributed by atoms with E-state index in [0.717, 1.165) is 38.4 Å². The number of nitrogens with zero attached hydrogens (tertiary/aromatic N) is 2. The van der Waals surface area contributed by atoms with Crippen molar-refractivity contribution in [3.05, 3.63) is 35.4 Å². The second kappa shape index (κ2) is 11.1. The van der Waals surface area contributed by atoms with Crippen LogP contribution in [0.5, 0.6) is 0 Å². The lowest BCUT2D eigenvalue weighted by atomic mass is 9.82. The third-order valence-electron chi connectivity index (χ3n) is 6.40. The van der Waals surface area contributed by atoms with E-state index in [0.29, 0.717) is 37.6 Å². The van der Waals surface area contributed by atoms with Crippen LogP contribution in [0.2, 0.25) is 0 Å². The molecule has 32 heavy (non-hydrogen) atoms. The highest BCUT2D eigenvalue weighted by Crippen LogP contribution is 2.34. The first-order valence-electron chi connectivity index (χ1n) is 11.4. The van der Waals surface area contributed by atoms with Crippen molar-refractivity contribution in [2.75, 3.05) is 26.0 Å². The van der Waals surface area contributed by atoms with Crippen LogP contribution in [0, 0.1) is 11.3 Å². The molecule has 0 radical (unpaired) electrons. The Bertz CT molecular complexity index is 922. The molecule has 1 aliphatic heterocycles. The Kier molecular flexibility index (Phi) is 8.51. The van der Waals surface area contributed by atoms with Crippen LogP contribution in [0.1, 0.15) is 62.5 Å². The number of benzene rings is 1. The zero-order valence-electron chi connectivity index (χ0n) is 18.9. The highest BCUT2D eigenvalue weighted by atomic mass is 32.2. The standard InChI is InChI=1S/C23H34N4O4S/c1-3-25-23(28)27-13-5-8-21(26-32(2,29)30)22(27)16-31-20-11-9-18(10-12-20)19-7-4-6-17(14-19)15-24/h4,6-7,14,18,20-22,26H,3,5,8-13,16H2,1-2H3,(H,25,28)/t18-,20+,21-,22-/m0/s1. The molecular weight excluding hydrogens is 428 g/mol. The molecule has 1 heterocycles. The third-order valence-corrected chi connectivity index (χ3v) is 7.13. The van der Waals surface area contributed by atoms with Crippen LogP contribution in [0.25, 0.3) is 0 Å². The molecule has 3 rings (SSSR count). The number of rotatable bonds is 7. The largest absolute Gasteiger partial charge is 0.376 e. The summed E-state index contributed by atoms with van der Waals surface area (Å²) < 4.78 is 32.7. The van der Waals surface area contributed by atoms with Crippen LogP contribution < -0.4 is 10.0 Å². The van der Waals surface area contributed by atoms with Gasteiger partial charge in [-0.05, 0) is 69.1 Å². The molecule has 1 saturated heterocycles. The smallest absolute Gasteiger partial charge is 0.317 e. The maximum atomic E-state index is 12.6. The van der Waals surface area contributed by atoms with Gasteiger partial charge in [-0.25, -0.2) is 17.9 Å². The summed E-state index contributed by atoms with van der Waals surface area (Å²) in [6.07, 6.45) is 6.43. The van der Waals surface area contributed by atoms with Gasteiger partial charge in [0.1, 0.15) is 0 Å². The number of carbonyl (C=O) groups is 1. The molecule has 1 aliphatic carbocycles. The van der Waals surface area contributed by atoms with Crippen molar-refractivity contribution in [1.29, 1.82) is 5.26 Å². The van der Waals surface area contributed by atoms with Gasteiger partial charge in [-0.15, -0.1) is 0 Å². The fraction of sp³-hybridized carbons (Fsp3) is 0.652. The van der Waals surface area contributed by atoms with Gasteiger partial charge in [0.15, 0.2) is 0 Å². The molecule has 2 N–H and O–H groups in total. The minimum atomic E-state index is -3.39. The van der Waals surface area contributed by atoms with Crippen LogP contribution >= 0.6 is 0 Å². The minimum absolute atomic E-state index is 0.0855. The Morgan fingerprint density at radius 1 is 1.25 bits per heavy atom. The molecule has 1 saturated carbocycles. The van der Waals surface area contributed by atoms with Gasteiger partial charge in [-0.2, -0.15) is 5.26 Å². The number of urea groups is 1. The topological polar surface area (TPSA) is 112 Å². The van der Waals surface area contributed by atoms with Gasteiger partial charge < -0.3 is 15.0 Å². The van der Waals surface area contributed by atoms with Crippen LogP contribution in [0.4, 0.5) is 4.79 Å². The quantitative estimate of drug-likeness (QED) is 0.647. The number of amides is 2. The van der Waals surface area contributed by atoms with Gasteiger partial charge in [-0.3, -0.25) is 0 Å². The Morgan fingerprint density at radius 2 is 2.00 bits per heavy atom. The predicted molar refractivity (Wildman–Crippen MR) is 123 cm³/mol. The van der Waals surface area contributed by atoms with Crippen molar-refractivity contribution in [1.82, 2.24) is 14.9 Å². The zero-order chi connectivity index (χ0) is 23.1. The van der Waals surface area contributed by atoms with Gasteiger partial charge in [0.2, 0.25) is 10.0 Å². The summed E-state index contributed by atoms with van der Waals surface area (Å²) in [6.45, 7) is 3.28. The molecule has 9 heteroatoms. The summed E-state index contributed by atoms with van der Waals surface area (Å²) in [6, 6.07) is 9.15. The van der Waals surface area contributed by atoms with E-state index in [2.05, 4.69) is 22.2 Å². The first-order valence-corrected chi connectivity index (χ1v) is 13.3. The summed E-state index contributed by atoms with van der Waals surface area (Å²) in [5, 5.41) is 12.0. The summed E-state index contributed by atoms with van der Waals surface area (Å²) in [5.74, 6) is 0.421. The van der Waals surface area contributed by atoms with E-state index in [4.69, 9.17) is 10.00 Å². The van der Waals surface area contributed by atoms with E-state index in [9.17, 15) is 13.2 Å². The SMILES string of the molecule is CCNC(=O)N1CCC[C@H](NS(C)(=O)=O)[C@@H]1CO[C@H]1CC[C@@H](c2cccc(C#N)c2)CC1. The van der Waals surface area contributed by atoms with Crippen molar-refractivity contribution >= 4 is 16.1 Å². The second-order valence-corrected chi connectivity index (χ2v) is 10.6. The second-order valence-electron chi connectivity index (χ2n) is 8.78. The Labute approximate surface area is 191 Å².